The average molecular weight is 306 g/mol. The molecule has 4 nitrogen and oxygen atoms in total. The van der Waals surface area contributed by atoms with Crippen molar-refractivity contribution >= 4 is 10.0 Å². The summed E-state index contributed by atoms with van der Waals surface area (Å²) in [6.07, 6.45) is 4.08. The molecule has 6 heteroatoms. The average Bonchev–Trinajstić information content (AvgIpc) is 2.49. The minimum absolute atomic E-state index is 0.133. The lowest BCUT2D eigenvalue weighted by Gasteiger charge is -2.27. The van der Waals surface area contributed by atoms with E-state index < -0.39 is 15.8 Å². The summed E-state index contributed by atoms with van der Waals surface area (Å²) >= 11 is 0. The van der Waals surface area contributed by atoms with Gasteiger partial charge in [-0.3, -0.25) is 4.98 Å². The Balaban J connectivity index is 1.95. The SMILES string of the molecule is Cc1cc(S(=O)(=O)N2CCc3ccncc3C2)ccc1F. The summed E-state index contributed by atoms with van der Waals surface area (Å²) in [5.74, 6) is -0.401. The maximum absolute atomic E-state index is 13.3. The summed E-state index contributed by atoms with van der Waals surface area (Å²) in [5.41, 5.74) is 2.38. The number of nitrogens with zero attached hydrogens (tertiary/aromatic N) is 2. The number of sulfonamides is 1. The van der Waals surface area contributed by atoms with E-state index in [4.69, 9.17) is 0 Å². The molecule has 1 aliphatic heterocycles. The van der Waals surface area contributed by atoms with Gasteiger partial charge < -0.3 is 0 Å². The van der Waals surface area contributed by atoms with Crippen LogP contribution in [0, 0.1) is 12.7 Å². The molecule has 110 valence electrons. The summed E-state index contributed by atoms with van der Waals surface area (Å²) in [6.45, 7) is 2.29. The van der Waals surface area contributed by atoms with E-state index >= 15 is 0 Å². The number of aromatic nitrogens is 1. The standard InChI is InChI=1S/C15H15FN2O2S/c1-11-8-14(2-3-15(11)16)21(19,20)18-7-5-12-4-6-17-9-13(12)10-18/h2-4,6,8-9H,5,7,10H2,1H3. The van der Waals surface area contributed by atoms with Crippen molar-refractivity contribution in [2.24, 2.45) is 0 Å². The highest BCUT2D eigenvalue weighted by Crippen LogP contribution is 2.25. The molecule has 21 heavy (non-hydrogen) atoms. The monoisotopic (exact) mass is 306 g/mol. The lowest BCUT2D eigenvalue weighted by atomic mass is 10.0. The molecule has 0 radical (unpaired) electrons. The van der Waals surface area contributed by atoms with Crippen LogP contribution in [0.3, 0.4) is 0 Å². The van der Waals surface area contributed by atoms with Crippen LogP contribution < -0.4 is 0 Å². The second-order valence-electron chi connectivity index (χ2n) is 5.14. The van der Waals surface area contributed by atoms with Crippen LogP contribution in [0.5, 0.6) is 0 Å². The Hall–Kier alpha value is -1.79. The van der Waals surface area contributed by atoms with E-state index in [1.807, 2.05) is 6.07 Å². The Bertz CT molecular complexity index is 790. The molecule has 0 bridgehead atoms. The van der Waals surface area contributed by atoms with Gasteiger partial charge in [-0.25, -0.2) is 12.8 Å². The highest BCUT2D eigenvalue weighted by Gasteiger charge is 2.28. The Morgan fingerprint density at radius 1 is 1.24 bits per heavy atom. The highest BCUT2D eigenvalue weighted by molar-refractivity contribution is 7.89. The van der Waals surface area contributed by atoms with E-state index in [0.29, 0.717) is 25.1 Å². The normalized spacial score (nSPS) is 15.7. The Morgan fingerprint density at radius 2 is 2.05 bits per heavy atom. The van der Waals surface area contributed by atoms with E-state index in [9.17, 15) is 12.8 Å². The predicted molar refractivity (Wildman–Crippen MR) is 76.7 cm³/mol. The van der Waals surface area contributed by atoms with Gasteiger partial charge in [-0.15, -0.1) is 0 Å². The Morgan fingerprint density at radius 3 is 2.81 bits per heavy atom. The van der Waals surface area contributed by atoms with Gasteiger partial charge in [0.1, 0.15) is 5.82 Å². The number of aryl methyl sites for hydroxylation is 1. The number of hydrogen-bond acceptors (Lipinski definition) is 3. The molecule has 0 amide bonds. The molecule has 0 fully saturated rings. The van der Waals surface area contributed by atoms with Gasteiger partial charge in [-0.2, -0.15) is 4.31 Å². The van der Waals surface area contributed by atoms with Crippen molar-refractivity contribution in [1.82, 2.24) is 9.29 Å². The first-order valence-electron chi connectivity index (χ1n) is 6.66. The van der Waals surface area contributed by atoms with E-state index in [1.54, 1.807) is 19.3 Å². The van der Waals surface area contributed by atoms with Gasteiger partial charge in [0, 0.05) is 25.5 Å². The van der Waals surface area contributed by atoms with Crippen molar-refractivity contribution < 1.29 is 12.8 Å². The third-order valence-corrected chi connectivity index (χ3v) is 5.59. The summed E-state index contributed by atoms with van der Waals surface area (Å²) in [6, 6.07) is 5.81. The smallest absolute Gasteiger partial charge is 0.243 e. The topological polar surface area (TPSA) is 50.3 Å². The molecule has 0 atom stereocenters. The lowest BCUT2D eigenvalue weighted by molar-refractivity contribution is 0.390. The van der Waals surface area contributed by atoms with E-state index in [1.165, 1.54) is 22.5 Å². The number of hydrogen-bond donors (Lipinski definition) is 0. The summed E-state index contributed by atoms with van der Waals surface area (Å²) in [4.78, 5) is 4.17. The molecular formula is C15H15FN2O2S. The maximum Gasteiger partial charge on any atom is 0.243 e. The number of halogens is 1. The van der Waals surface area contributed by atoms with Crippen LogP contribution in [0.25, 0.3) is 0 Å². The second kappa shape index (κ2) is 5.20. The van der Waals surface area contributed by atoms with Crippen LogP contribution in [0.1, 0.15) is 16.7 Å². The molecule has 0 N–H and O–H groups in total. The molecule has 1 aromatic carbocycles. The van der Waals surface area contributed by atoms with Crippen LogP contribution >= 0.6 is 0 Å². The first-order chi connectivity index (χ1) is 9.98. The number of rotatable bonds is 2. The predicted octanol–water partition coefficient (Wildman–Crippen LogP) is 2.28. The Labute approximate surface area is 123 Å². The van der Waals surface area contributed by atoms with Gasteiger partial charge >= 0.3 is 0 Å². The quantitative estimate of drug-likeness (QED) is 0.855. The van der Waals surface area contributed by atoms with Gasteiger partial charge in [0.05, 0.1) is 4.90 Å². The van der Waals surface area contributed by atoms with Gasteiger partial charge in [-0.05, 0) is 54.3 Å². The number of fused-ring (bicyclic) bond motifs is 1. The largest absolute Gasteiger partial charge is 0.264 e. The zero-order valence-corrected chi connectivity index (χ0v) is 12.4. The molecule has 3 rings (SSSR count). The highest BCUT2D eigenvalue weighted by atomic mass is 32.2. The van der Waals surface area contributed by atoms with Crippen LogP contribution in [0.2, 0.25) is 0 Å². The van der Waals surface area contributed by atoms with Crippen molar-refractivity contribution in [3.8, 4) is 0 Å². The second-order valence-corrected chi connectivity index (χ2v) is 7.08. The Kier molecular flexibility index (Phi) is 3.51. The van der Waals surface area contributed by atoms with Crippen molar-refractivity contribution in [1.29, 1.82) is 0 Å². The summed E-state index contributed by atoms with van der Waals surface area (Å²) in [7, 11) is -3.61. The van der Waals surface area contributed by atoms with Crippen molar-refractivity contribution in [3.05, 3.63) is 59.2 Å². The first kappa shape index (κ1) is 14.2. The van der Waals surface area contributed by atoms with Gasteiger partial charge in [-0.1, -0.05) is 0 Å². The van der Waals surface area contributed by atoms with Crippen LogP contribution in [-0.4, -0.2) is 24.3 Å². The van der Waals surface area contributed by atoms with Gasteiger partial charge in [0.25, 0.3) is 0 Å². The minimum Gasteiger partial charge on any atom is -0.264 e. The third kappa shape index (κ3) is 2.56. The fourth-order valence-corrected chi connectivity index (χ4v) is 3.99. The fourth-order valence-electron chi connectivity index (χ4n) is 2.49. The summed E-state index contributed by atoms with van der Waals surface area (Å²) < 4.78 is 40.0. The van der Waals surface area contributed by atoms with Crippen LogP contribution in [-0.2, 0) is 23.0 Å². The van der Waals surface area contributed by atoms with Gasteiger partial charge in [0.2, 0.25) is 10.0 Å². The zero-order valence-electron chi connectivity index (χ0n) is 11.6. The number of benzene rings is 1. The number of pyridine rings is 1. The molecule has 0 saturated heterocycles. The van der Waals surface area contributed by atoms with Crippen molar-refractivity contribution in [2.45, 2.75) is 24.8 Å². The van der Waals surface area contributed by atoms with E-state index in [0.717, 1.165) is 11.1 Å². The molecule has 1 aromatic heterocycles. The van der Waals surface area contributed by atoms with Crippen molar-refractivity contribution in [2.75, 3.05) is 6.54 Å². The van der Waals surface area contributed by atoms with Crippen LogP contribution in [0.4, 0.5) is 4.39 Å². The molecule has 2 aromatic rings. The van der Waals surface area contributed by atoms with Gasteiger partial charge in [0.15, 0.2) is 0 Å². The van der Waals surface area contributed by atoms with E-state index in [2.05, 4.69) is 4.98 Å². The zero-order chi connectivity index (χ0) is 15.0. The fraction of sp³-hybridized carbons (Fsp3) is 0.267. The molecule has 2 heterocycles. The third-order valence-electron chi connectivity index (χ3n) is 3.75. The molecule has 0 unspecified atom stereocenters. The first-order valence-corrected chi connectivity index (χ1v) is 8.10. The molecular weight excluding hydrogens is 291 g/mol. The molecule has 1 aliphatic rings. The summed E-state index contributed by atoms with van der Waals surface area (Å²) in [5, 5.41) is 0. The molecule has 0 spiro atoms. The molecule has 0 aliphatic carbocycles. The molecule has 0 saturated carbocycles. The van der Waals surface area contributed by atoms with Crippen molar-refractivity contribution in [3.63, 3.8) is 0 Å². The minimum atomic E-state index is -3.61. The maximum atomic E-state index is 13.3. The van der Waals surface area contributed by atoms with E-state index in [-0.39, 0.29) is 4.90 Å². The van der Waals surface area contributed by atoms with Crippen LogP contribution in [0.15, 0.2) is 41.6 Å². The lowest BCUT2D eigenvalue weighted by Crippen LogP contribution is -2.36.